The summed E-state index contributed by atoms with van der Waals surface area (Å²) in [5.41, 5.74) is 4.02. The SMILES string of the molecule is Cc1nc2c(c(Nc3ccc(C#N)cc3F)n1)CN(C(C(=O)OC(=O)NN1CCNCC1)C(C)(C)C)CC2. The van der Waals surface area contributed by atoms with E-state index in [1.165, 1.54) is 12.1 Å². The van der Waals surface area contributed by atoms with Crippen LogP contribution in [-0.4, -0.2) is 70.7 Å². The van der Waals surface area contributed by atoms with Gasteiger partial charge in [-0.2, -0.15) is 5.26 Å². The van der Waals surface area contributed by atoms with E-state index in [-0.39, 0.29) is 11.3 Å². The number of hydrazine groups is 1. The maximum atomic E-state index is 14.6. The summed E-state index contributed by atoms with van der Waals surface area (Å²) in [5, 5.41) is 17.0. The van der Waals surface area contributed by atoms with E-state index >= 15 is 0 Å². The quantitative estimate of drug-likeness (QED) is 0.395. The van der Waals surface area contributed by atoms with Crippen LogP contribution in [0.4, 0.5) is 20.7 Å². The Morgan fingerprint density at radius 3 is 2.61 bits per heavy atom. The number of benzene rings is 1. The average Bonchev–Trinajstić information content (AvgIpc) is 2.85. The first-order valence-electron chi connectivity index (χ1n) is 12.6. The summed E-state index contributed by atoms with van der Waals surface area (Å²) in [5.74, 6) is -0.258. The lowest BCUT2D eigenvalue weighted by Crippen LogP contribution is -2.55. The summed E-state index contributed by atoms with van der Waals surface area (Å²) in [7, 11) is 0. The number of anilines is 2. The van der Waals surface area contributed by atoms with Gasteiger partial charge >= 0.3 is 12.1 Å². The number of aromatic nitrogens is 2. The topological polar surface area (TPSA) is 136 Å². The monoisotopic (exact) mass is 524 g/mol. The fourth-order valence-corrected chi connectivity index (χ4v) is 4.82. The summed E-state index contributed by atoms with van der Waals surface area (Å²) in [6, 6.07) is 5.36. The molecule has 202 valence electrons. The van der Waals surface area contributed by atoms with Gasteiger partial charge in [-0.1, -0.05) is 20.8 Å². The molecule has 38 heavy (non-hydrogen) atoms. The summed E-state index contributed by atoms with van der Waals surface area (Å²) in [6.45, 7) is 11.0. The van der Waals surface area contributed by atoms with Crippen molar-refractivity contribution >= 4 is 23.6 Å². The van der Waals surface area contributed by atoms with Crippen LogP contribution in [0.25, 0.3) is 0 Å². The highest BCUT2D eigenvalue weighted by Gasteiger charge is 2.41. The first-order valence-corrected chi connectivity index (χ1v) is 12.6. The number of nitriles is 1. The molecular formula is C26H33FN8O3. The van der Waals surface area contributed by atoms with Crippen LogP contribution in [0.5, 0.6) is 0 Å². The summed E-state index contributed by atoms with van der Waals surface area (Å²) < 4.78 is 19.9. The number of rotatable bonds is 5. The van der Waals surface area contributed by atoms with E-state index in [2.05, 4.69) is 26.0 Å². The fourth-order valence-electron chi connectivity index (χ4n) is 4.82. The van der Waals surface area contributed by atoms with E-state index in [1.807, 2.05) is 31.7 Å². The van der Waals surface area contributed by atoms with Gasteiger partial charge in [0.1, 0.15) is 23.5 Å². The highest BCUT2D eigenvalue weighted by molar-refractivity contribution is 5.88. The Morgan fingerprint density at radius 2 is 1.95 bits per heavy atom. The number of ether oxygens (including phenoxy) is 1. The molecule has 11 nitrogen and oxygen atoms in total. The van der Waals surface area contributed by atoms with Crippen LogP contribution in [0.15, 0.2) is 18.2 Å². The molecule has 0 radical (unpaired) electrons. The predicted molar refractivity (Wildman–Crippen MR) is 138 cm³/mol. The molecule has 3 N–H and O–H groups in total. The Kier molecular flexibility index (Phi) is 8.20. The van der Waals surface area contributed by atoms with Crippen molar-refractivity contribution in [2.24, 2.45) is 5.41 Å². The second kappa shape index (κ2) is 11.4. The van der Waals surface area contributed by atoms with Crippen LogP contribution in [0, 0.1) is 29.5 Å². The molecule has 1 aromatic carbocycles. The van der Waals surface area contributed by atoms with E-state index < -0.39 is 29.3 Å². The molecule has 1 atom stereocenters. The highest BCUT2D eigenvalue weighted by atomic mass is 19.1. The molecule has 1 saturated heterocycles. The lowest BCUT2D eigenvalue weighted by Gasteiger charge is -2.40. The van der Waals surface area contributed by atoms with Crippen LogP contribution in [0.2, 0.25) is 0 Å². The van der Waals surface area contributed by atoms with Gasteiger partial charge in [0.05, 0.1) is 23.0 Å². The van der Waals surface area contributed by atoms with Crippen molar-refractivity contribution < 1.29 is 18.7 Å². The smallest absolute Gasteiger partial charge is 0.374 e. The standard InChI is InChI=1S/C26H33FN8O3/c1-16-30-20-7-10-34(15-18(20)23(31-16)32-21-6-5-17(14-28)13-19(21)27)22(26(2,3)4)24(36)38-25(37)33-35-11-8-29-9-12-35/h5-6,13,22,29H,7-12,15H2,1-4H3,(H,33,37)(H,30,31,32). The molecular weight excluding hydrogens is 491 g/mol. The number of hydrogen-bond acceptors (Lipinski definition) is 10. The summed E-state index contributed by atoms with van der Waals surface area (Å²) in [4.78, 5) is 36.8. The molecule has 2 aliphatic rings. The minimum atomic E-state index is -0.804. The minimum absolute atomic E-state index is 0.179. The van der Waals surface area contributed by atoms with Crippen molar-refractivity contribution in [2.45, 2.75) is 46.7 Å². The lowest BCUT2D eigenvalue weighted by atomic mass is 9.84. The number of amides is 1. The number of halogens is 1. The van der Waals surface area contributed by atoms with Crippen LogP contribution < -0.4 is 16.1 Å². The maximum absolute atomic E-state index is 14.6. The second-order valence-electron chi connectivity index (χ2n) is 10.5. The molecule has 1 unspecified atom stereocenters. The van der Waals surface area contributed by atoms with E-state index in [9.17, 15) is 14.0 Å². The molecule has 0 bridgehead atoms. The van der Waals surface area contributed by atoms with E-state index in [0.717, 1.165) is 30.4 Å². The molecule has 1 aromatic heterocycles. The average molecular weight is 525 g/mol. The molecule has 3 heterocycles. The Balaban J connectivity index is 1.55. The highest BCUT2D eigenvalue weighted by Crippen LogP contribution is 2.33. The zero-order valence-electron chi connectivity index (χ0n) is 22.1. The van der Waals surface area contributed by atoms with Crippen molar-refractivity contribution in [3.8, 4) is 6.07 Å². The van der Waals surface area contributed by atoms with Gasteiger partial charge in [-0.3, -0.25) is 10.3 Å². The number of aryl methyl sites for hydroxylation is 1. The molecule has 2 aliphatic heterocycles. The van der Waals surface area contributed by atoms with Crippen molar-refractivity contribution in [1.82, 2.24) is 30.6 Å². The molecule has 1 amide bonds. The lowest BCUT2D eigenvalue weighted by molar-refractivity contribution is -0.149. The fraction of sp³-hybridized carbons (Fsp3) is 0.500. The van der Waals surface area contributed by atoms with Gasteiger partial charge in [-0.05, 0) is 30.5 Å². The van der Waals surface area contributed by atoms with Crippen molar-refractivity contribution in [2.75, 3.05) is 38.0 Å². The molecule has 4 rings (SSSR count). The molecule has 2 aromatic rings. The van der Waals surface area contributed by atoms with Gasteiger partial charge in [-0.15, -0.1) is 0 Å². The van der Waals surface area contributed by atoms with Gasteiger partial charge in [0.15, 0.2) is 0 Å². The Bertz CT molecular complexity index is 1250. The van der Waals surface area contributed by atoms with E-state index in [4.69, 9.17) is 10.00 Å². The zero-order valence-corrected chi connectivity index (χ0v) is 22.1. The third-order valence-electron chi connectivity index (χ3n) is 6.52. The number of hydrogen-bond donors (Lipinski definition) is 3. The maximum Gasteiger partial charge on any atom is 0.429 e. The van der Waals surface area contributed by atoms with Crippen LogP contribution in [0.1, 0.15) is 43.4 Å². The Labute approximate surface area is 221 Å². The molecule has 1 fully saturated rings. The second-order valence-corrected chi connectivity index (χ2v) is 10.5. The molecule has 0 aliphatic carbocycles. The van der Waals surface area contributed by atoms with Crippen LogP contribution >= 0.6 is 0 Å². The number of piperazine rings is 1. The molecule has 12 heteroatoms. The van der Waals surface area contributed by atoms with Gasteiger partial charge in [0, 0.05) is 51.3 Å². The Morgan fingerprint density at radius 1 is 1.21 bits per heavy atom. The Hall–Kier alpha value is -3.66. The first-order chi connectivity index (χ1) is 18.0. The van der Waals surface area contributed by atoms with Crippen LogP contribution in [-0.2, 0) is 22.5 Å². The number of fused-ring (bicyclic) bond motifs is 1. The van der Waals surface area contributed by atoms with Crippen molar-refractivity contribution in [3.05, 3.63) is 46.7 Å². The third-order valence-corrected chi connectivity index (χ3v) is 6.52. The third kappa shape index (κ3) is 6.42. The number of nitrogens with zero attached hydrogens (tertiary/aromatic N) is 5. The number of esters is 1. The summed E-state index contributed by atoms with van der Waals surface area (Å²) >= 11 is 0. The molecule has 0 saturated carbocycles. The minimum Gasteiger partial charge on any atom is -0.374 e. The van der Waals surface area contributed by atoms with Crippen molar-refractivity contribution in [3.63, 3.8) is 0 Å². The van der Waals surface area contributed by atoms with Gasteiger partial charge in [0.25, 0.3) is 0 Å². The number of carbonyl (C=O) groups excluding carboxylic acids is 2. The van der Waals surface area contributed by atoms with E-state index in [1.54, 1.807) is 11.9 Å². The van der Waals surface area contributed by atoms with Gasteiger partial charge < -0.3 is 15.4 Å². The number of carbonyl (C=O) groups is 2. The largest absolute Gasteiger partial charge is 0.429 e. The van der Waals surface area contributed by atoms with Crippen LogP contribution in [0.3, 0.4) is 0 Å². The van der Waals surface area contributed by atoms with E-state index in [0.29, 0.717) is 44.2 Å². The first kappa shape index (κ1) is 27.4. The number of nitrogens with one attached hydrogen (secondary N) is 3. The van der Waals surface area contributed by atoms with Gasteiger partial charge in [-0.25, -0.2) is 29.0 Å². The normalized spacial score (nSPS) is 17.2. The van der Waals surface area contributed by atoms with Crippen molar-refractivity contribution in [1.29, 1.82) is 5.26 Å². The van der Waals surface area contributed by atoms with Gasteiger partial charge in [0.2, 0.25) is 0 Å². The predicted octanol–water partition coefficient (Wildman–Crippen LogP) is 2.39. The molecule has 0 spiro atoms. The zero-order chi connectivity index (χ0) is 27.4. The summed E-state index contributed by atoms with van der Waals surface area (Å²) in [6.07, 6.45) is -0.267.